The maximum absolute atomic E-state index is 13.6. The second kappa shape index (κ2) is 10.7. The summed E-state index contributed by atoms with van der Waals surface area (Å²) in [5.74, 6) is 0.462. The summed E-state index contributed by atoms with van der Waals surface area (Å²) in [4.78, 5) is 42.0. The van der Waals surface area contributed by atoms with Crippen LogP contribution in [0.15, 0.2) is 36.8 Å². The van der Waals surface area contributed by atoms with Crippen molar-refractivity contribution >= 4 is 40.5 Å². The molecule has 1 atom stereocenters. The molecule has 192 valence electrons. The predicted octanol–water partition coefficient (Wildman–Crippen LogP) is 3.95. The number of nitrogens with zero attached hydrogens (tertiary/aromatic N) is 4. The molecule has 9 nitrogen and oxygen atoms in total. The van der Waals surface area contributed by atoms with E-state index in [1.54, 1.807) is 6.33 Å². The molecule has 3 aromatic rings. The van der Waals surface area contributed by atoms with Gasteiger partial charge in [0.1, 0.15) is 23.4 Å². The lowest BCUT2D eigenvalue weighted by molar-refractivity contribution is -0.135. The van der Waals surface area contributed by atoms with Crippen LogP contribution in [0.4, 0.5) is 10.6 Å². The van der Waals surface area contributed by atoms with Crippen molar-refractivity contribution in [2.75, 3.05) is 37.6 Å². The van der Waals surface area contributed by atoms with Crippen molar-refractivity contribution in [3.63, 3.8) is 0 Å². The third kappa shape index (κ3) is 6.26. The number of nitrogens with one attached hydrogen (secondary N) is 2. The van der Waals surface area contributed by atoms with Crippen LogP contribution in [0.2, 0.25) is 5.02 Å². The molecule has 0 bridgehead atoms. The second-order valence-electron chi connectivity index (χ2n) is 10.1. The van der Waals surface area contributed by atoms with Crippen molar-refractivity contribution in [2.24, 2.45) is 5.92 Å². The Morgan fingerprint density at radius 2 is 1.83 bits per heavy atom. The minimum absolute atomic E-state index is 0.00585. The molecule has 1 aliphatic rings. The number of aromatic amines is 1. The van der Waals surface area contributed by atoms with Crippen LogP contribution in [0.1, 0.15) is 31.9 Å². The van der Waals surface area contributed by atoms with Gasteiger partial charge in [-0.15, -0.1) is 0 Å². The highest BCUT2D eigenvalue weighted by Crippen LogP contribution is 2.27. The average molecular weight is 513 g/mol. The lowest BCUT2D eigenvalue weighted by Crippen LogP contribution is -2.52. The summed E-state index contributed by atoms with van der Waals surface area (Å²) in [5.41, 5.74) is 2.27. The minimum Gasteiger partial charge on any atom is -0.444 e. The fraction of sp³-hybridized carbons (Fsp3) is 0.462. The third-order valence-corrected chi connectivity index (χ3v) is 6.43. The molecule has 1 fully saturated rings. The fourth-order valence-corrected chi connectivity index (χ4v) is 4.53. The number of halogens is 1. The Bertz CT molecular complexity index is 1210. The summed E-state index contributed by atoms with van der Waals surface area (Å²) >= 11 is 6.04. The molecule has 0 aliphatic carbocycles. The van der Waals surface area contributed by atoms with E-state index < -0.39 is 17.6 Å². The summed E-state index contributed by atoms with van der Waals surface area (Å²) < 4.78 is 5.37. The highest BCUT2D eigenvalue weighted by molar-refractivity contribution is 6.30. The average Bonchev–Trinajstić information content (AvgIpc) is 3.22. The van der Waals surface area contributed by atoms with Crippen molar-refractivity contribution in [3.8, 4) is 0 Å². The van der Waals surface area contributed by atoms with Gasteiger partial charge in [-0.2, -0.15) is 0 Å². The molecule has 0 spiro atoms. The van der Waals surface area contributed by atoms with Crippen LogP contribution in [0.5, 0.6) is 0 Å². The number of aryl methyl sites for hydroxylation is 1. The maximum atomic E-state index is 13.6. The van der Waals surface area contributed by atoms with Gasteiger partial charge in [-0.25, -0.2) is 14.8 Å². The Kier molecular flexibility index (Phi) is 7.68. The van der Waals surface area contributed by atoms with E-state index >= 15 is 0 Å². The molecule has 2 aromatic heterocycles. The van der Waals surface area contributed by atoms with Crippen molar-refractivity contribution in [3.05, 3.63) is 52.9 Å². The van der Waals surface area contributed by atoms with E-state index in [4.69, 9.17) is 16.3 Å². The van der Waals surface area contributed by atoms with Gasteiger partial charge in [0.25, 0.3) is 0 Å². The Labute approximate surface area is 216 Å². The van der Waals surface area contributed by atoms with E-state index in [9.17, 15) is 9.59 Å². The normalized spacial score (nSPS) is 15.1. The van der Waals surface area contributed by atoms with E-state index in [1.807, 2.05) is 63.1 Å². The van der Waals surface area contributed by atoms with Crippen LogP contribution in [0, 0.1) is 12.8 Å². The number of rotatable bonds is 6. The lowest BCUT2D eigenvalue weighted by Gasteiger charge is -2.37. The molecule has 1 saturated heterocycles. The fourth-order valence-electron chi connectivity index (χ4n) is 4.41. The number of fused-ring (bicyclic) bond motifs is 1. The number of carbonyl (C=O) groups excluding carboxylic acids is 2. The second-order valence-corrected chi connectivity index (χ2v) is 10.6. The summed E-state index contributed by atoms with van der Waals surface area (Å²) in [6.45, 7) is 10.1. The molecule has 1 aromatic carbocycles. The zero-order chi connectivity index (χ0) is 25.9. The maximum Gasteiger partial charge on any atom is 0.407 e. The smallest absolute Gasteiger partial charge is 0.407 e. The number of amides is 2. The van der Waals surface area contributed by atoms with Crippen molar-refractivity contribution < 1.29 is 14.3 Å². The molecule has 0 unspecified atom stereocenters. The van der Waals surface area contributed by atoms with Crippen LogP contribution in [-0.2, 0) is 16.0 Å². The number of benzene rings is 1. The standard InChI is InChI=1S/C26H33ClN6O3/c1-17-14-28-22-21(17)23(31-16-30-22)32-9-11-33(12-10-32)24(34)19(13-18-5-7-20(27)8-6-18)15-29-25(35)36-26(2,3)4/h5-8,14,16,19H,9-13,15H2,1-4H3,(H,29,35)(H,28,30,31)/t19-/m0/s1. The highest BCUT2D eigenvalue weighted by Gasteiger charge is 2.30. The Morgan fingerprint density at radius 3 is 2.50 bits per heavy atom. The summed E-state index contributed by atoms with van der Waals surface area (Å²) in [6.07, 6.45) is 3.45. The van der Waals surface area contributed by atoms with Gasteiger partial charge in [0.15, 0.2) is 0 Å². The van der Waals surface area contributed by atoms with Crippen molar-refractivity contribution in [1.82, 2.24) is 25.2 Å². The molecule has 3 heterocycles. The van der Waals surface area contributed by atoms with Gasteiger partial charge in [-0.3, -0.25) is 4.79 Å². The molecule has 2 amide bonds. The molecule has 1 aliphatic heterocycles. The topological polar surface area (TPSA) is 103 Å². The first-order valence-corrected chi connectivity index (χ1v) is 12.5. The predicted molar refractivity (Wildman–Crippen MR) is 140 cm³/mol. The summed E-state index contributed by atoms with van der Waals surface area (Å²) in [7, 11) is 0. The zero-order valence-electron chi connectivity index (χ0n) is 21.2. The van der Waals surface area contributed by atoms with Crippen molar-refractivity contribution in [2.45, 2.75) is 39.7 Å². The molecular formula is C26H33ClN6O3. The van der Waals surface area contributed by atoms with Crippen LogP contribution >= 0.6 is 11.6 Å². The molecule has 2 N–H and O–H groups in total. The first kappa shape index (κ1) is 25.8. The highest BCUT2D eigenvalue weighted by atomic mass is 35.5. The number of alkyl carbamates (subject to hydrolysis) is 1. The number of H-pyrrole nitrogens is 1. The Hall–Kier alpha value is -3.33. The Morgan fingerprint density at radius 1 is 1.14 bits per heavy atom. The SMILES string of the molecule is Cc1c[nH]c2ncnc(N3CCN(C(=O)[C@H](CNC(=O)OC(C)(C)C)Cc4ccc(Cl)cc4)CC3)c12. The number of carbonyl (C=O) groups is 2. The largest absolute Gasteiger partial charge is 0.444 e. The summed E-state index contributed by atoms with van der Waals surface area (Å²) in [5, 5.41) is 4.44. The molecule has 36 heavy (non-hydrogen) atoms. The van der Waals surface area contributed by atoms with E-state index in [0.717, 1.165) is 28.0 Å². The number of aromatic nitrogens is 3. The number of hydrogen-bond donors (Lipinski definition) is 2. The van der Waals surface area contributed by atoms with Crippen LogP contribution in [-0.4, -0.2) is 70.2 Å². The lowest BCUT2D eigenvalue weighted by atomic mass is 9.97. The van der Waals surface area contributed by atoms with Crippen LogP contribution < -0.4 is 10.2 Å². The van der Waals surface area contributed by atoms with E-state index in [2.05, 4.69) is 25.2 Å². The van der Waals surface area contributed by atoms with Gasteiger partial charge in [-0.1, -0.05) is 23.7 Å². The monoisotopic (exact) mass is 512 g/mol. The third-order valence-electron chi connectivity index (χ3n) is 6.17. The van der Waals surface area contributed by atoms with E-state index in [1.165, 1.54) is 0 Å². The first-order valence-electron chi connectivity index (χ1n) is 12.1. The molecule has 0 saturated carbocycles. The first-order chi connectivity index (χ1) is 17.1. The van der Waals surface area contributed by atoms with Gasteiger partial charge in [0, 0.05) is 43.9 Å². The molecule has 0 radical (unpaired) electrons. The van der Waals surface area contributed by atoms with Gasteiger partial charge in [0.2, 0.25) is 5.91 Å². The molecule has 10 heteroatoms. The zero-order valence-corrected chi connectivity index (χ0v) is 21.9. The van der Waals surface area contributed by atoms with Gasteiger partial charge < -0.3 is 24.8 Å². The van der Waals surface area contributed by atoms with Gasteiger partial charge in [0.05, 0.1) is 11.3 Å². The number of piperazine rings is 1. The van der Waals surface area contributed by atoms with Crippen molar-refractivity contribution in [1.29, 1.82) is 0 Å². The van der Waals surface area contributed by atoms with E-state index in [0.29, 0.717) is 37.6 Å². The van der Waals surface area contributed by atoms with Crippen LogP contribution in [0.25, 0.3) is 11.0 Å². The molecule has 4 rings (SSSR count). The van der Waals surface area contributed by atoms with Gasteiger partial charge >= 0.3 is 6.09 Å². The summed E-state index contributed by atoms with van der Waals surface area (Å²) in [6, 6.07) is 7.44. The minimum atomic E-state index is -0.611. The number of anilines is 1. The Balaban J connectivity index is 1.44. The number of hydrogen-bond acceptors (Lipinski definition) is 6. The van der Waals surface area contributed by atoms with Crippen LogP contribution in [0.3, 0.4) is 0 Å². The number of ether oxygens (including phenoxy) is 1. The van der Waals surface area contributed by atoms with Gasteiger partial charge in [-0.05, 0) is 57.4 Å². The van der Waals surface area contributed by atoms with E-state index in [-0.39, 0.29) is 12.5 Å². The molecular weight excluding hydrogens is 480 g/mol. The quantitative estimate of drug-likeness (QED) is 0.518.